The minimum Gasteiger partial charge on any atom is -0.323 e. The molecule has 0 radical (unpaired) electrons. The highest BCUT2D eigenvalue weighted by atomic mass is 16.2. The van der Waals surface area contributed by atoms with Gasteiger partial charge in [0.2, 0.25) is 0 Å². The van der Waals surface area contributed by atoms with Crippen LogP contribution >= 0.6 is 0 Å². The summed E-state index contributed by atoms with van der Waals surface area (Å²) in [6, 6.07) is 1.67. The number of carbonyl (C=O) groups excluding carboxylic acids is 1. The van der Waals surface area contributed by atoms with Crippen LogP contribution in [0.1, 0.15) is 13.8 Å². The van der Waals surface area contributed by atoms with E-state index in [0.29, 0.717) is 0 Å². The van der Waals surface area contributed by atoms with Gasteiger partial charge in [-0.25, -0.2) is 4.79 Å². The summed E-state index contributed by atoms with van der Waals surface area (Å²) in [7, 11) is 0. The van der Waals surface area contributed by atoms with E-state index in [0.717, 1.165) is 13.1 Å². The lowest BCUT2D eigenvalue weighted by Gasteiger charge is -2.17. The van der Waals surface area contributed by atoms with Gasteiger partial charge in [-0.15, -0.1) is 0 Å². The summed E-state index contributed by atoms with van der Waals surface area (Å²) in [4.78, 5) is 13.2. The van der Waals surface area contributed by atoms with Crippen molar-refractivity contribution in [3.05, 3.63) is 18.5 Å². The van der Waals surface area contributed by atoms with Crippen molar-refractivity contribution in [1.82, 2.24) is 14.7 Å². The maximum absolute atomic E-state index is 11.5. The molecule has 0 fully saturated rings. The molecule has 1 rings (SSSR count). The third-order valence-corrected chi connectivity index (χ3v) is 1.73. The van der Waals surface area contributed by atoms with Crippen LogP contribution in [0.3, 0.4) is 0 Å². The van der Waals surface area contributed by atoms with Crippen LogP contribution in [-0.2, 0) is 0 Å². The molecule has 1 aromatic heterocycles. The number of aromatic nitrogens is 2. The van der Waals surface area contributed by atoms with E-state index in [1.165, 1.54) is 4.68 Å². The van der Waals surface area contributed by atoms with Crippen LogP contribution in [0, 0.1) is 0 Å². The van der Waals surface area contributed by atoms with Crippen molar-refractivity contribution in [3.8, 4) is 0 Å². The fourth-order valence-corrected chi connectivity index (χ4v) is 1.02. The van der Waals surface area contributed by atoms with Gasteiger partial charge < -0.3 is 4.90 Å². The summed E-state index contributed by atoms with van der Waals surface area (Å²) < 4.78 is 1.34. The highest BCUT2D eigenvalue weighted by Crippen LogP contribution is 1.93. The lowest BCUT2D eigenvalue weighted by atomic mass is 10.5. The third kappa shape index (κ3) is 1.64. The van der Waals surface area contributed by atoms with Crippen molar-refractivity contribution >= 4 is 6.03 Å². The van der Waals surface area contributed by atoms with Crippen molar-refractivity contribution in [2.45, 2.75) is 13.8 Å². The highest BCUT2D eigenvalue weighted by molar-refractivity contribution is 5.75. The lowest BCUT2D eigenvalue weighted by Crippen LogP contribution is -2.34. The van der Waals surface area contributed by atoms with E-state index < -0.39 is 0 Å². The smallest absolute Gasteiger partial charge is 0.323 e. The zero-order valence-corrected chi connectivity index (χ0v) is 7.40. The Kier molecular flexibility index (Phi) is 2.85. The van der Waals surface area contributed by atoms with E-state index >= 15 is 0 Å². The summed E-state index contributed by atoms with van der Waals surface area (Å²) in [5, 5.41) is 3.86. The van der Waals surface area contributed by atoms with Crippen LogP contribution in [-0.4, -0.2) is 33.8 Å². The normalized spacial score (nSPS) is 9.83. The molecule has 0 unspecified atom stereocenters. The molecule has 1 heterocycles. The van der Waals surface area contributed by atoms with Gasteiger partial charge in [-0.3, -0.25) is 0 Å². The monoisotopic (exact) mass is 167 g/mol. The van der Waals surface area contributed by atoms with E-state index in [4.69, 9.17) is 0 Å². The Balaban J connectivity index is 2.70. The predicted molar refractivity (Wildman–Crippen MR) is 45.9 cm³/mol. The van der Waals surface area contributed by atoms with Gasteiger partial charge in [0, 0.05) is 25.5 Å². The van der Waals surface area contributed by atoms with E-state index in [1.807, 2.05) is 13.8 Å². The summed E-state index contributed by atoms with van der Waals surface area (Å²) in [6.07, 6.45) is 3.25. The van der Waals surface area contributed by atoms with Crippen LogP contribution in [0.5, 0.6) is 0 Å². The fraction of sp³-hybridized carbons (Fsp3) is 0.500. The summed E-state index contributed by atoms with van der Waals surface area (Å²) in [6.45, 7) is 5.33. The second-order valence-electron chi connectivity index (χ2n) is 2.41. The summed E-state index contributed by atoms with van der Waals surface area (Å²) in [5.74, 6) is 0. The Morgan fingerprint density at radius 1 is 1.50 bits per heavy atom. The zero-order chi connectivity index (χ0) is 8.97. The van der Waals surface area contributed by atoms with Gasteiger partial charge in [-0.05, 0) is 19.9 Å². The van der Waals surface area contributed by atoms with E-state index in [1.54, 1.807) is 23.4 Å². The van der Waals surface area contributed by atoms with Gasteiger partial charge in [0.05, 0.1) is 0 Å². The van der Waals surface area contributed by atoms with Crippen LogP contribution in [0.2, 0.25) is 0 Å². The molecule has 0 aliphatic heterocycles. The molecule has 0 spiro atoms. The quantitative estimate of drug-likeness (QED) is 0.663. The van der Waals surface area contributed by atoms with Gasteiger partial charge in [0.1, 0.15) is 0 Å². The predicted octanol–water partition coefficient (Wildman–Crippen LogP) is 1.19. The Hall–Kier alpha value is -1.32. The average Bonchev–Trinajstić information content (AvgIpc) is 2.58. The number of hydrogen-bond donors (Lipinski definition) is 0. The van der Waals surface area contributed by atoms with Gasteiger partial charge in [0.15, 0.2) is 0 Å². The average molecular weight is 167 g/mol. The molecular formula is C8H13N3O. The first kappa shape index (κ1) is 8.77. The minimum absolute atomic E-state index is 0.0648. The molecule has 0 saturated carbocycles. The molecule has 0 saturated heterocycles. The molecule has 4 heteroatoms. The van der Waals surface area contributed by atoms with Crippen molar-refractivity contribution in [3.63, 3.8) is 0 Å². The Bertz CT molecular complexity index is 239. The maximum Gasteiger partial charge on any atom is 0.344 e. The molecule has 1 amide bonds. The van der Waals surface area contributed by atoms with Crippen molar-refractivity contribution in [1.29, 1.82) is 0 Å². The van der Waals surface area contributed by atoms with Crippen LogP contribution in [0.25, 0.3) is 0 Å². The molecule has 66 valence electrons. The number of carbonyl (C=O) groups is 1. The number of rotatable bonds is 2. The van der Waals surface area contributed by atoms with Gasteiger partial charge in [-0.2, -0.15) is 9.78 Å². The molecule has 12 heavy (non-hydrogen) atoms. The van der Waals surface area contributed by atoms with Crippen molar-refractivity contribution < 1.29 is 4.79 Å². The second kappa shape index (κ2) is 3.90. The highest BCUT2D eigenvalue weighted by Gasteiger charge is 2.10. The molecule has 0 aliphatic rings. The SMILES string of the molecule is CCN(CC)C(=O)n1cccn1. The molecular weight excluding hydrogens is 154 g/mol. The fourth-order valence-electron chi connectivity index (χ4n) is 1.02. The van der Waals surface area contributed by atoms with Crippen LogP contribution in [0.15, 0.2) is 18.5 Å². The molecule has 1 aromatic rings. The van der Waals surface area contributed by atoms with E-state index in [-0.39, 0.29) is 6.03 Å². The second-order valence-corrected chi connectivity index (χ2v) is 2.41. The van der Waals surface area contributed by atoms with Gasteiger partial charge in [-0.1, -0.05) is 0 Å². The zero-order valence-electron chi connectivity index (χ0n) is 7.40. The molecule has 0 aliphatic carbocycles. The molecule has 0 bridgehead atoms. The van der Waals surface area contributed by atoms with Crippen molar-refractivity contribution in [2.24, 2.45) is 0 Å². The standard InChI is InChI=1S/C8H13N3O/c1-3-10(4-2)8(12)11-7-5-6-9-11/h5-7H,3-4H2,1-2H3. The Labute approximate surface area is 71.8 Å². The molecule has 0 aromatic carbocycles. The Morgan fingerprint density at radius 2 is 2.17 bits per heavy atom. The number of amides is 1. The van der Waals surface area contributed by atoms with E-state index in [9.17, 15) is 4.79 Å². The molecule has 4 nitrogen and oxygen atoms in total. The largest absolute Gasteiger partial charge is 0.344 e. The van der Waals surface area contributed by atoms with Gasteiger partial charge >= 0.3 is 6.03 Å². The topological polar surface area (TPSA) is 38.1 Å². The lowest BCUT2D eigenvalue weighted by molar-refractivity contribution is 0.201. The van der Waals surface area contributed by atoms with Crippen molar-refractivity contribution in [2.75, 3.05) is 13.1 Å². The molecule has 0 atom stereocenters. The van der Waals surface area contributed by atoms with E-state index in [2.05, 4.69) is 5.10 Å². The summed E-state index contributed by atoms with van der Waals surface area (Å²) >= 11 is 0. The first-order valence-electron chi connectivity index (χ1n) is 4.08. The first-order chi connectivity index (χ1) is 5.79. The molecule has 0 N–H and O–H groups in total. The number of nitrogens with zero attached hydrogens (tertiary/aromatic N) is 3. The number of hydrogen-bond acceptors (Lipinski definition) is 2. The minimum atomic E-state index is -0.0648. The first-order valence-corrected chi connectivity index (χ1v) is 4.08. The van der Waals surface area contributed by atoms with Crippen LogP contribution in [0.4, 0.5) is 4.79 Å². The van der Waals surface area contributed by atoms with Gasteiger partial charge in [0.25, 0.3) is 0 Å². The maximum atomic E-state index is 11.5. The summed E-state index contributed by atoms with van der Waals surface area (Å²) in [5.41, 5.74) is 0. The third-order valence-electron chi connectivity index (χ3n) is 1.73. The Morgan fingerprint density at radius 3 is 2.58 bits per heavy atom. The van der Waals surface area contributed by atoms with Crippen LogP contribution < -0.4 is 0 Å².